The van der Waals surface area contributed by atoms with E-state index in [0.29, 0.717) is 18.1 Å². The van der Waals surface area contributed by atoms with Crippen molar-refractivity contribution in [3.8, 4) is 0 Å². The van der Waals surface area contributed by atoms with Gasteiger partial charge in [0.15, 0.2) is 0 Å². The number of amides is 2. The molecule has 1 fully saturated rings. The van der Waals surface area contributed by atoms with Crippen LogP contribution in [0.1, 0.15) is 27.3 Å². The Morgan fingerprint density at radius 1 is 1.12 bits per heavy atom. The normalized spacial score (nSPS) is 16.0. The Bertz CT molecular complexity index is 1120. The predicted molar refractivity (Wildman–Crippen MR) is 122 cm³/mol. The van der Waals surface area contributed by atoms with Gasteiger partial charge >= 0.3 is 0 Å². The third kappa shape index (κ3) is 5.48. The first-order valence-corrected chi connectivity index (χ1v) is 10.7. The Morgan fingerprint density at radius 3 is 2.76 bits per heavy atom. The van der Waals surface area contributed by atoms with Crippen molar-refractivity contribution in [3.05, 3.63) is 77.2 Å². The Hall–Kier alpha value is -3.47. The van der Waals surface area contributed by atoms with Gasteiger partial charge in [-0.3, -0.25) is 24.8 Å². The minimum Gasteiger partial charge on any atom is -0.313 e. The van der Waals surface area contributed by atoms with Crippen LogP contribution in [0.5, 0.6) is 0 Å². The Morgan fingerprint density at radius 2 is 2.00 bits per heavy atom. The molecule has 1 unspecified atom stereocenters. The molecule has 3 aromatic rings. The highest BCUT2D eigenvalue weighted by molar-refractivity contribution is 6.30. The van der Waals surface area contributed by atoms with Crippen molar-refractivity contribution < 1.29 is 14.0 Å². The van der Waals surface area contributed by atoms with Gasteiger partial charge in [0.25, 0.3) is 11.8 Å². The van der Waals surface area contributed by atoms with Crippen molar-refractivity contribution in [1.82, 2.24) is 25.6 Å². The lowest BCUT2D eigenvalue weighted by Gasteiger charge is -2.32. The van der Waals surface area contributed by atoms with Crippen LogP contribution in [-0.4, -0.2) is 52.6 Å². The summed E-state index contributed by atoms with van der Waals surface area (Å²) < 4.78 is 14.2. The molecule has 0 saturated carbocycles. The van der Waals surface area contributed by atoms with Crippen LogP contribution < -0.4 is 20.9 Å². The van der Waals surface area contributed by atoms with E-state index < -0.39 is 23.8 Å². The maximum Gasteiger partial charge on any atom is 0.279 e. The van der Waals surface area contributed by atoms with Crippen LogP contribution in [0.25, 0.3) is 0 Å². The molecule has 2 amide bonds. The molecule has 0 spiro atoms. The number of hydrogen-bond donors (Lipinski definition) is 3. The van der Waals surface area contributed by atoms with Crippen LogP contribution in [-0.2, 0) is 0 Å². The first-order valence-electron chi connectivity index (χ1n) is 10.3. The molecule has 9 nitrogen and oxygen atoms in total. The van der Waals surface area contributed by atoms with Crippen molar-refractivity contribution in [2.75, 3.05) is 29.9 Å². The second-order valence-electron chi connectivity index (χ2n) is 7.27. The third-order valence-electron chi connectivity index (χ3n) is 4.99. The predicted octanol–water partition coefficient (Wildman–Crippen LogP) is 2.47. The standard InChI is InChI=1S/C22H21ClFN7O2/c23-14-2-5-19(29-11-14)30-21(32)16-10-15(24)3-4-18(16)31(20-13-25-6-1-7-28-20)22(33)17-12-26-8-9-27-17/h2-5,8-12,20,25,28H,1,6-7,13H2,(H,29,30,32). The number of pyridine rings is 1. The topological polar surface area (TPSA) is 112 Å². The number of halogens is 2. The summed E-state index contributed by atoms with van der Waals surface area (Å²) in [5.74, 6) is -1.49. The monoisotopic (exact) mass is 469 g/mol. The van der Waals surface area contributed by atoms with Crippen molar-refractivity contribution in [2.45, 2.75) is 12.6 Å². The second-order valence-corrected chi connectivity index (χ2v) is 7.71. The van der Waals surface area contributed by atoms with Crippen LogP contribution in [0.4, 0.5) is 15.9 Å². The SMILES string of the molecule is O=C(Nc1ccc(Cl)cn1)c1cc(F)ccc1N(C(=O)c1cnccn1)C1CNCCCN1. The molecule has 3 heterocycles. The fraction of sp³-hybridized carbons (Fsp3) is 0.227. The molecule has 1 atom stereocenters. The summed E-state index contributed by atoms with van der Waals surface area (Å²) in [5, 5.41) is 9.61. The van der Waals surface area contributed by atoms with E-state index in [1.54, 1.807) is 6.07 Å². The number of anilines is 2. The number of carbonyl (C=O) groups excluding carboxylic acids is 2. The molecule has 1 aromatic carbocycles. The van der Waals surface area contributed by atoms with Crippen molar-refractivity contribution in [2.24, 2.45) is 0 Å². The molecule has 0 bridgehead atoms. The lowest BCUT2D eigenvalue weighted by molar-refractivity contribution is 0.0967. The van der Waals surface area contributed by atoms with E-state index in [1.165, 1.54) is 47.9 Å². The van der Waals surface area contributed by atoms with Gasteiger partial charge in [0.2, 0.25) is 0 Å². The minimum absolute atomic E-state index is 0.0324. The van der Waals surface area contributed by atoms with Crippen LogP contribution in [0.3, 0.4) is 0 Å². The Balaban J connectivity index is 1.75. The average molecular weight is 470 g/mol. The number of benzene rings is 1. The van der Waals surface area contributed by atoms with E-state index in [-0.39, 0.29) is 22.8 Å². The molecule has 1 aliphatic heterocycles. The van der Waals surface area contributed by atoms with Crippen molar-refractivity contribution in [1.29, 1.82) is 0 Å². The largest absolute Gasteiger partial charge is 0.313 e. The highest BCUT2D eigenvalue weighted by atomic mass is 35.5. The highest BCUT2D eigenvalue weighted by Crippen LogP contribution is 2.26. The summed E-state index contributed by atoms with van der Waals surface area (Å²) in [7, 11) is 0. The number of carbonyl (C=O) groups is 2. The molecule has 0 aliphatic carbocycles. The maximum atomic E-state index is 14.2. The van der Waals surface area contributed by atoms with Crippen LogP contribution >= 0.6 is 11.6 Å². The lowest BCUT2D eigenvalue weighted by atomic mass is 10.1. The second kappa shape index (κ2) is 10.4. The number of rotatable bonds is 5. The van der Waals surface area contributed by atoms with Gasteiger partial charge in [0.05, 0.1) is 22.5 Å². The summed E-state index contributed by atoms with van der Waals surface area (Å²) in [6.07, 6.45) is 5.96. The van der Waals surface area contributed by atoms with Gasteiger partial charge in [-0.05, 0) is 49.8 Å². The molecule has 4 rings (SSSR count). The maximum absolute atomic E-state index is 14.2. The summed E-state index contributed by atoms with van der Waals surface area (Å²) in [6, 6.07) is 6.79. The zero-order valence-corrected chi connectivity index (χ0v) is 18.2. The summed E-state index contributed by atoms with van der Waals surface area (Å²) >= 11 is 5.85. The number of nitrogens with zero attached hydrogens (tertiary/aromatic N) is 4. The molecule has 11 heteroatoms. The highest BCUT2D eigenvalue weighted by Gasteiger charge is 2.31. The van der Waals surface area contributed by atoms with E-state index in [4.69, 9.17) is 11.6 Å². The average Bonchev–Trinajstić information content (AvgIpc) is 3.11. The van der Waals surface area contributed by atoms with E-state index in [2.05, 4.69) is 30.9 Å². The molecule has 33 heavy (non-hydrogen) atoms. The summed E-state index contributed by atoms with van der Waals surface area (Å²) in [6.45, 7) is 1.85. The molecule has 3 N–H and O–H groups in total. The fourth-order valence-corrected chi connectivity index (χ4v) is 3.57. The number of hydrogen-bond acceptors (Lipinski definition) is 7. The molecule has 170 valence electrons. The molecular weight excluding hydrogens is 449 g/mol. The van der Waals surface area contributed by atoms with Gasteiger partial charge in [-0.15, -0.1) is 0 Å². The number of aromatic nitrogens is 3. The summed E-state index contributed by atoms with van der Waals surface area (Å²) in [4.78, 5) is 40.2. The van der Waals surface area contributed by atoms with Gasteiger partial charge in [-0.2, -0.15) is 0 Å². The minimum atomic E-state index is -0.627. The van der Waals surface area contributed by atoms with Gasteiger partial charge in [0, 0.05) is 25.1 Å². The van der Waals surface area contributed by atoms with Crippen molar-refractivity contribution >= 4 is 34.9 Å². The van der Waals surface area contributed by atoms with Gasteiger partial charge in [0.1, 0.15) is 23.5 Å². The molecule has 0 radical (unpaired) electrons. The zero-order valence-electron chi connectivity index (χ0n) is 17.5. The smallest absolute Gasteiger partial charge is 0.279 e. The summed E-state index contributed by atoms with van der Waals surface area (Å²) in [5.41, 5.74) is 0.286. The molecule has 1 saturated heterocycles. The third-order valence-corrected chi connectivity index (χ3v) is 5.22. The Kier molecular flexibility index (Phi) is 7.18. The van der Waals surface area contributed by atoms with Crippen LogP contribution in [0.15, 0.2) is 55.1 Å². The van der Waals surface area contributed by atoms with Crippen LogP contribution in [0.2, 0.25) is 5.02 Å². The molecular formula is C22H21ClFN7O2. The van der Waals surface area contributed by atoms with Gasteiger partial charge < -0.3 is 10.6 Å². The van der Waals surface area contributed by atoms with E-state index in [0.717, 1.165) is 19.0 Å². The van der Waals surface area contributed by atoms with Crippen LogP contribution in [0, 0.1) is 5.82 Å². The first-order chi connectivity index (χ1) is 16.0. The fourth-order valence-electron chi connectivity index (χ4n) is 3.46. The van der Waals surface area contributed by atoms with E-state index in [9.17, 15) is 14.0 Å². The van der Waals surface area contributed by atoms with Crippen molar-refractivity contribution in [3.63, 3.8) is 0 Å². The Labute approximate surface area is 194 Å². The van der Waals surface area contributed by atoms with E-state index >= 15 is 0 Å². The quantitative estimate of drug-likeness (QED) is 0.526. The lowest BCUT2D eigenvalue weighted by Crippen LogP contribution is -2.53. The molecule has 1 aliphatic rings. The zero-order chi connectivity index (χ0) is 23.2. The number of nitrogens with one attached hydrogen (secondary N) is 3. The molecule has 2 aromatic heterocycles. The first kappa shape index (κ1) is 22.7. The van der Waals surface area contributed by atoms with Gasteiger partial charge in [-0.25, -0.2) is 14.4 Å². The van der Waals surface area contributed by atoms with E-state index in [1.807, 2.05) is 0 Å². The van der Waals surface area contributed by atoms with Gasteiger partial charge in [-0.1, -0.05) is 11.6 Å².